The predicted molar refractivity (Wildman–Crippen MR) is 64.2 cm³/mol. The summed E-state index contributed by atoms with van der Waals surface area (Å²) in [6.07, 6.45) is 3.42. The topological polar surface area (TPSA) is 23.8 Å². The van der Waals surface area contributed by atoms with E-state index in [1.165, 1.54) is 0 Å². The number of rotatable bonds is 3. The normalized spacial score (nSPS) is 12.2. The van der Waals surface area contributed by atoms with E-state index in [-0.39, 0.29) is 0 Å². The summed E-state index contributed by atoms with van der Waals surface area (Å²) in [4.78, 5) is 0. The molecule has 0 atom stereocenters. The van der Waals surface area contributed by atoms with Crippen LogP contribution in [-0.4, -0.2) is 0 Å². The molecule has 14 heavy (non-hydrogen) atoms. The van der Waals surface area contributed by atoms with Crippen LogP contribution in [0, 0.1) is 11.3 Å². The quantitative estimate of drug-likeness (QED) is 0.488. The third-order valence-corrected chi connectivity index (χ3v) is 2.20. The maximum absolute atomic E-state index is 8.63. The van der Waals surface area contributed by atoms with Gasteiger partial charge in [-0.05, 0) is 25.8 Å². The highest BCUT2D eigenvalue weighted by Gasteiger charge is 1.96. The fourth-order valence-corrected chi connectivity index (χ4v) is 0.924. The van der Waals surface area contributed by atoms with Gasteiger partial charge in [-0.1, -0.05) is 44.9 Å². The molecule has 80 valence electrons. The van der Waals surface area contributed by atoms with Crippen molar-refractivity contribution >= 4 is 11.6 Å². The molecule has 0 radical (unpaired) electrons. The summed E-state index contributed by atoms with van der Waals surface area (Å²) in [5, 5.41) is 9.33. The summed E-state index contributed by atoms with van der Waals surface area (Å²) >= 11 is 5.94. The minimum Gasteiger partial charge on any atom is -0.193 e. The van der Waals surface area contributed by atoms with E-state index in [1.807, 2.05) is 34.6 Å². The molecule has 0 aliphatic carbocycles. The van der Waals surface area contributed by atoms with Gasteiger partial charge in [0.2, 0.25) is 0 Å². The fourth-order valence-electron chi connectivity index (χ4n) is 0.658. The first-order valence-corrected chi connectivity index (χ1v) is 5.49. The van der Waals surface area contributed by atoms with Crippen LogP contribution < -0.4 is 0 Å². The van der Waals surface area contributed by atoms with Gasteiger partial charge in [-0.2, -0.15) is 5.26 Å². The number of allylic oxidation sites excluding steroid dienone is 4. The molecule has 0 aromatic heterocycles. The van der Waals surface area contributed by atoms with Crippen molar-refractivity contribution in [1.82, 2.24) is 0 Å². The molecule has 0 bridgehead atoms. The highest BCUT2D eigenvalue weighted by Crippen LogP contribution is 2.16. The van der Waals surface area contributed by atoms with Crippen molar-refractivity contribution in [2.24, 2.45) is 0 Å². The summed E-state index contributed by atoms with van der Waals surface area (Å²) in [6, 6.07) is 2.10. The van der Waals surface area contributed by atoms with Gasteiger partial charge in [0.15, 0.2) is 0 Å². The van der Waals surface area contributed by atoms with Crippen molar-refractivity contribution in [3.63, 3.8) is 0 Å². The van der Waals surface area contributed by atoms with Crippen LogP contribution >= 0.6 is 11.6 Å². The number of nitriles is 1. The van der Waals surface area contributed by atoms with Crippen molar-refractivity contribution in [2.45, 2.75) is 47.5 Å². The summed E-state index contributed by atoms with van der Waals surface area (Å²) < 4.78 is 0. The second-order valence-corrected chi connectivity index (χ2v) is 3.02. The first-order chi connectivity index (χ1) is 6.65. The largest absolute Gasteiger partial charge is 0.193 e. The number of halogens is 1. The molecule has 0 aromatic carbocycles. The van der Waals surface area contributed by atoms with Crippen LogP contribution in [0.5, 0.6) is 0 Å². The van der Waals surface area contributed by atoms with Crippen LogP contribution in [0.3, 0.4) is 0 Å². The zero-order chi connectivity index (χ0) is 11.6. The summed E-state index contributed by atoms with van der Waals surface area (Å²) in [5.74, 6) is 0. The van der Waals surface area contributed by atoms with Crippen LogP contribution in [0.25, 0.3) is 0 Å². The Morgan fingerprint density at radius 1 is 1.29 bits per heavy atom. The standard InChI is InChI=1S/C10H14ClN.C2H6/c1-4-8(3)10(11)6-9(5-2)7-12;1-2/h6H,4-5H2,1-3H3;1-2H3/b9-6+,10-8+;. The molecule has 0 heterocycles. The predicted octanol–water partition coefficient (Wildman–Crippen LogP) is 4.80. The van der Waals surface area contributed by atoms with Gasteiger partial charge in [0.1, 0.15) is 0 Å². The van der Waals surface area contributed by atoms with E-state index in [1.54, 1.807) is 6.08 Å². The van der Waals surface area contributed by atoms with E-state index in [0.717, 1.165) is 24.0 Å². The van der Waals surface area contributed by atoms with Crippen molar-refractivity contribution in [3.05, 3.63) is 22.3 Å². The van der Waals surface area contributed by atoms with Crippen molar-refractivity contribution in [1.29, 1.82) is 5.26 Å². The van der Waals surface area contributed by atoms with Crippen LogP contribution in [0.15, 0.2) is 22.3 Å². The van der Waals surface area contributed by atoms with Gasteiger partial charge in [0.05, 0.1) is 6.07 Å². The van der Waals surface area contributed by atoms with Gasteiger partial charge >= 0.3 is 0 Å². The van der Waals surface area contributed by atoms with Crippen molar-refractivity contribution in [2.75, 3.05) is 0 Å². The van der Waals surface area contributed by atoms with E-state index in [4.69, 9.17) is 16.9 Å². The highest BCUT2D eigenvalue weighted by atomic mass is 35.5. The van der Waals surface area contributed by atoms with E-state index in [2.05, 4.69) is 6.07 Å². The minimum absolute atomic E-state index is 0.705. The molecular weight excluding hydrogens is 194 g/mol. The van der Waals surface area contributed by atoms with Crippen LogP contribution in [0.2, 0.25) is 0 Å². The lowest BCUT2D eigenvalue weighted by atomic mass is 10.1. The molecule has 2 heteroatoms. The molecule has 0 amide bonds. The van der Waals surface area contributed by atoms with Gasteiger partial charge < -0.3 is 0 Å². The molecule has 1 nitrogen and oxygen atoms in total. The molecule has 0 saturated carbocycles. The lowest BCUT2D eigenvalue weighted by Crippen LogP contribution is -1.79. The first-order valence-electron chi connectivity index (χ1n) is 5.11. The Bertz CT molecular complexity index is 244. The monoisotopic (exact) mass is 213 g/mol. The Balaban J connectivity index is 0. The van der Waals surface area contributed by atoms with Crippen LogP contribution in [0.1, 0.15) is 47.5 Å². The summed E-state index contributed by atoms with van der Waals surface area (Å²) in [5.41, 5.74) is 1.85. The van der Waals surface area contributed by atoms with Crippen LogP contribution in [0.4, 0.5) is 0 Å². The average Bonchev–Trinajstić information content (AvgIpc) is 2.26. The highest BCUT2D eigenvalue weighted by molar-refractivity contribution is 6.31. The van der Waals surface area contributed by atoms with Gasteiger partial charge in [-0.25, -0.2) is 0 Å². The molecule has 0 aromatic rings. The molecular formula is C12H20ClN. The molecule has 0 fully saturated rings. The molecule has 0 aliphatic heterocycles. The summed E-state index contributed by atoms with van der Waals surface area (Å²) in [6.45, 7) is 9.97. The van der Waals surface area contributed by atoms with Crippen LogP contribution in [-0.2, 0) is 0 Å². The minimum atomic E-state index is 0.705. The molecule has 0 rings (SSSR count). The first kappa shape index (κ1) is 15.7. The zero-order valence-electron chi connectivity index (χ0n) is 9.82. The van der Waals surface area contributed by atoms with Crippen molar-refractivity contribution < 1.29 is 0 Å². The van der Waals surface area contributed by atoms with E-state index >= 15 is 0 Å². The van der Waals surface area contributed by atoms with Crippen molar-refractivity contribution in [3.8, 4) is 6.07 Å². The third kappa shape index (κ3) is 6.74. The van der Waals surface area contributed by atoms with Gasteiger partial charge in [-0.15, -0.1) is 0 Å². The van der Waals surface area contributed by atoms with Gasteiger partial charge in [0.25, 0.3) is 0 Å². The van der Waals surface area contributed by atoms with E-state index < -0.39 is 0 Å². The molecule has 0 saturated heterocycles. The molecule has 0 spiro atoms. The lowest BCUT2D eigenvalue weighted by Gasteiger charge is -1.97. The molecule has 0 aliphatic rings. The maximum atomic E-state index is 8.63. The second kappa shape index (κ2) is 10.3. The lowest BCUT2D eigenvalue weighted by molar-refractivity contribution is 1.09. The third-order valence-electron chi connectivity index (χ3n) is 1.76. The average molecular weight is 214 g/mol. The van der Waals surface area contributed by atoms with E-state index in [9.17, 15) is 0 Å². The maximum Gasteiger partial charge on any atom is 0.0947 e. The number of nitrogens with zero attached hydrogens (tertiary/aromatic N) is 1. The second-order valence-electron chi connectivity index (χ2n) is 2.62. The van der Waals surface area contributed by atoms with Gasteiger partial charge in [0, 0.05) is 10.6 Å². The summed E-state index contributed by atoms with van der Waals surface area (Å²) in [7, 11) is 0. The Morgan fingerprint density at radius 3 is 2.07 bits per heavy atom. The molecule has 0 unspecified atom stereocenters. The number of hydrogen-bond donors (Lipinski definition) is 0. The zero-order valence-corrected chi connectivity index (χ0v) is 10.6. The Morgan fingerprint density at radius 2 is 1.79 bits per heavy atom. The Kier molecular flexibility index (Phi) is 11.6. The smallest absolute Gasteiger partial charge is 0.0947 e. The van der Waals surface area contributed by atoms with E-state index in [0.29, 0.717) is 5.03 Å². The Hall–Kier alpha value is -0.740. The fraction of sp³-hybridized carbons (Fsp3) is 0.583. The SMILES string of the molecule is CC.CC/C(C#N)=C\C(Cl)=C(\C)CC. The van der Waals surface area contributed by atoms with Gasteiger partial charge in [-0.3, -0.25) is 0 Å². The number of hydrogen-bond acceptors (Lipinski definition) is 1. The molecule has 0 N–H and O–H groups in total. The Labute approximate surface area is 93.1 Å².